The number of nitrogens with zero attached hydrogens (tertiary/aromatic N) is 4. The fourth-order valence-corrected chi connectivity index (χ4v) is 16.6. The second kappa shape index (κ2) is 15.3. The fraction of sp³-hybridized carbons (Fsp3) is 0.231. The number of hydrogen-bond acceptors (Lipinski definition) is 11. The Labute approximate surface area is 401 Å². The van der Waals surface area contributed by atoms with Crippen LogP contribution < -0.4 is 9.47 Å². The Bertz CT molecular complexity index is 3420. The Morgan fingerprint density at radius 2 is 0.985 bits per heavy atom. The van der Waals surface area contributed by atoms with Crippen LogP contribution in [0.25, 0.3) is 57.1 Å². The van der Waals surface area contributed by atoms with Crippen LogP contribution in [0.2, 0.25) is 0 Å². The lowest BCUT2D eigenvalue weighted by molar-refractivity contribution is 0.0257. The van der Waals surface area contributed by atoms with Gasteiger partial charge in [0.15, 0.2) is 34.8 Å². The van der Waals surface area contributed by atoms with Gasteiger partial charge in [0.25, 0.3) is 5.70 Å². The summed E-state index contributed by atoms with van der Waals surface area (Å²) in [6.45, 7) is 7.69. The first-order valence-corrected chi connectivity index (χ1v) is 25.0. The molecule has 0 saturated heterocycles. The van der Waals surface area contributed by atoms with Crippen molar-refractivity contribution in [2.75, 3.05) is 0 Å². The molecule has 2 aliphatic heterocycles. The van der Waals surface area contributed by atoms with Crippen LogP contribution >= 0.6 is 45.3 Å². The zero-order valence-corrected chi connectivity index (χ0v) is 38.5. The van der Waals surface area contributed by atoms with Gasteiger partial charge in [-0.15, -0.1) is 45.3 Å². The molecule has 8 nitrogen and oxygen atoms in total. The van der Waals surface area contributed by atoms with E-state index in [4.69, 9.17) is 16.0 Å². The Morgan fingerprint density at radius 1 is 0.574 bits per heavy atom. The van der Waals surface area contributed by atoms with Crippen molar-refractivity contribution in [3.63, 3.8) is 0 Å². The molecular weight excluding hydrogens is 949 g/mol. The predicted octanol–water partition coefficient (Wildman–Crippen LogP) is 14.6. The van der Waals surface area contributed by atoms with E-state index < -0.39 is 57.3 Å². The monoisotopic (exact) mass is 976 g/mol. The van der Waals surface area contributed by atoms with E-state index in [2.05, 4.69) is 4.85 Å². The highest BCUT2D eigenvalue weighted by Crippen LogP contribution is 2.66. The largest absolute Gasteiger partial charge is 0.481 e. The molecule has 4 aromatic heterocycles. The van der Waals surface area contributed by atoms with Crippen LogP contribution in [0.1, 0.15) is 117 Å². The highest BCUT2D eigenvalue weighted by molar-refractivity contribution is 7.34. The highest BCUT2D eigenvalue weighted by Gasteiger charge is 2.51. The number of hydrogen-bond donors (Lipinski definition) is 0. The summed E-state index contributed by atoms with van der Waals surface area (Å²) < 4.78 is 74.6. The quantitative estimate of drug-likeness (QED) is 0.0731. The molecule has 12 rings (SSSR count). The van der Waals surface area contributed by atoms with Gasteiger partial charge in [0.2, 0.25) is 0 Å². The van der Waals surface area contributed by atoms with E-state index in [9.17, 15) is 42.9 Å². The topological polar surface area (TPSA) is 128 Å². The molecule has 6 aromatic rings. The Hall–Kier alpha value is -6.92. The van der Waals surface area contributed by atoms with Crippen LogP contribution in [0.5, 0.6) is 11.5 Å². The van der Waals surface area contributed by atoms with E-state index in [0.717, 1.165) is 129 Å². The van der Waals surface area contributed by atoms with Crippen molar-refractivity contribution in [2.45, 2.75) is 75.4 Å². The number of thiophene rings is 4. The molecule has 2 aromatic carbocycles. The van der Waals surface area contributed by atoms with Crippen LogP contribution in [-0.4, -0.2) is 11.6 Å². The van der Waals surface area contributed by atoms with Crippen molar-refractivity contribution < 1.29 is 36.6 Å². The van der Waals surface area contributed by atoms with Crippen molar-refractivity contribution in [1.82, 2.24) is 0 Å². The second-order valence-electron chi connectivity index (χ2n) is 17.6. The lowest BCUT2D eigenvalue weighted by Gasteiger charge is -2.41. The molecule has 6 aliphatic rings. The molecule has 0 unspecified atom stereocenters. The molecule has 0 amide bonds. The smallest absolute Gasteiger partial charge is 0.270 e. The Kier molecular flexibility index (Phi) is 9.55. The molecule has 2 spiro atoms. The van der Waals surface area contributed by atoms with Crippen LogP contribution in [-0.2, 0) is 11.2 Å². The molecule has 68 heavy (non-hydrogen) atoms. The van der Waals surface area contributed by atoms with E-state index in [1.807, 2.05) is 30.3 Å². The number of allylic oxidation sites excluding steroid dienone is 6. The predicted molar refractivity (Wildman–Crippen MR) is 252 cm³/mol. The van der Waals surface area contributed by atoms with Crippen molar-refractivity contribution in [2.24, 2.45) is 0 Å². The number of fused-ring (bicyclic) bond motifs is 13. The normalized spacial score (nSPS) is 19.9. The van der Waals surface area contributed by atoms with Crippen LogP contribution in [0, 0.1) is 63.8 Å². The number of rotatable bonds is 2. The van der Waals surface area contributed by atoms with E-state index in [0.29, 0.717) is 21.3 Å². The maximum Gasteiger partial charge on any atom is 0.270 e. The Balaban J connectivity index is 1.02. The summed E-state index contributed by atoms with van der Waals surface area (Å²) in [5, 5.41) is 29.7. The number of nitriles is 3. The average molecular weight is 977 g/mol. The van der Waals surface area contributed by atoms with Crippen molar-refractivity contribution >= 4 is 89.6 Å². The molecule has 0 N–H and O–H groups in total. The van der Waals surface area contributed by atoms with Gasteiger partial charge in [-0.2, -0.15) is 10.5 Å². The van der Waals surface area contributed by atoms with Gasteiger partial charge in [0.05, 0.1) is 41.5 Å². The standard InChI is InChI=1S/C52H28F4N4O4S4/c1-60-36(22-59)40-27-17-33(54)35(56)19-29(27)44(62)31(40)13-25-15-38-46(66-25)48-42(52(64-38)10-6-3-7-11-52)50-49(68-48)41-47(67-50)45-37(63-51(41)8-4-2-5-9-51)14-24(65-45)12-30-39(23(20-57)21-58)26-16-32(53)34(55)18-28(26)43(30)61/h12-19H,2-11H2/b30-12-,31-13-,40-36?. The summed E-state index contributed by atoms with van der Waals surface area (Å²) >= 11 is 6.18. The lowest BCUT2D eigenvalue weighted by Crippen LogP contribution is -2.37. The minimum Gasteiger partial charge on any atom is -0.481 e. The SMILES string of the molecule is [C-]#[N+]C(C#N)=C1/C(=C/c2cc3c(s2)-c2sc4c5c(sc4c2C2(CCCCC2)O3)-c2sc(/C=C3\C(=O)c4cc(F)c(F)cc4C3=C(C#N)C#N)cc2OC52CCCCC2)C(=O)c2cc(F)c(F)cc21. The zero-order chi connectivity index (χ0) is 47.0. The minimum absolute atomic E-state index is 0.00409. The highest BCUT2D eigenvalue weighted by atomic mass is 32.1. The van der Waals surface area contributed by atoms with Gasteiger partial charge >= 0.3 is 0 Å². The van der Waals surface area contributed by atoms with Crippen molar-refractivity contribution in [1.29, 1.82) is 15.8 Å². The fourth-order valence-electron chi connectivity index (χ4n) is 11.0. The molecule has 2 fully saturated rings. The molecular formula is C52H28F4N4O4S4. The first kappa shape index (κ1) is 42.4. The third-order valence-electron chi connectivity index (χ3n) is 13.9. The van der Waals surface area contributed by atoms with Gasteiger partial charge in [0.1, 0.15) is 40.4 Å². The number of Topliss-reactive ketones (excluding diaryl/α,β-unsaturated/α-hetero) is 2. The number of halogens is 4. The second-order valence-corrected chi connectivity index (χ2v) is 21.8. The Morgan fingerprint density at radius 3 is 1.40 bits per heavy atom. The van der Waals surface area contributed by atoms with Crippen LogP contribution in [0.4, 0.5) is 17.6 Å². The first-order chi connectivity index (χ1) is 32.9. The van der Waals surface area contributed by atoms with E-state index in [1.165, 1.54) is 22.7 Å². The number of ether oxygens (including phenoxy) is 2. The zero-order valence-electron chi connectivity index (χ0n) is 35.3. The van der Waals surface area contributed by atoms with Gasteiger partial charge in [-0.1, -0.05) is 12.8 Å². The summed E-state index contributed by atoms with van der Waals surface area (Å²) in [6, 6.07) is 12.6. The summed E-state index contributed by atoms with van der Waals surface area (Å²) in [4.78, 5) is 36.1. The van der Waals surface area contributed by atoms with Gasteiger partial charge in [-0.3, -0.25) is 9.59 Å². The van der Waals surface area contributed by atoms with Gasteiger partial charge in [0, 0.05) is 54.3 Å². The molecule has 16 heteroatoms. The average Bonchev–Trinajstić information content (AvgIpc) is 4.18. The number of carbonyl (C=O) groups excluding carboxylic acids is 2. The van der Waals surface area contributed by atoms with E-state index in [-0.39, 0.29) is 44.5 Å². The lowest BCUT2D eigenvalue weighted by atomic mass is 9.76. The van der Waals surface area contributed by atoms with Gasteiger partial charge < -0.3 is 9.47 Å². The summed E-state index contributed by atoms with van der Waals surface area (Å²) in [5.74, 6) is -4.77. The van der Waals surface area contributed by atoms with Gasteiger partial charge in [-0.05, 0) is 111 Å². The van der Waals surface area contributed by atoms with Crippen LogP contribution in [0.3, 0.4) is 0 Å². The third kappa shape index (κ3) is 5.95. The molecule has 332 valence electrons. The van der Waals surface area contributed by atoms with E-state index >= 15 is 0 Å². The summed E-state index contributed by atoms with van der Waals surface area (Å²) in [5.41, 5.74) is -0.287. The van der Waals surface area contributed by atoms with Crippen LogP contribution in [0.15, 0.2) is 58.8 Å². The maximum atomic E-state index is 14.6. The molecule has 0 atom stereocenters. The van der Waals surface area contributed by atoms with Crippen molar-refractivity contribution in [3.8, 4) is 49.2 Å². The first-order valence-electron chi connectivity index (χ1n) is 21.8. The number of benzene rings is 2. The third-order valence-corrected chi connectivity index (χ3v) is 18.9. The van der Waals surface area contributed by atoms with Gasteiger partial charge in [-0.25, -0.2) is 27.7 Å². The molecule has 4 aliphatic carbocycles. The summed E-state index contributed by atoms with van der Waals surface area (Å²) in [6.07, 6.45) is 12.1. The molecule has 6 heterocycles. The molecule has 2 saturated carbocycles. The molecule has 0 bridgehead atoms. The number of carbonyl (C=O) groups is 2. The number of ketones is 2. The van der Waals surface area contributed by atoms with E-state index in [1.54, 1.807) is 34.8 Å². The molecule has 0 radical (unpaired) electrons. The van der Waals surface area contributed by atoms with Crippen molar-refractivity contribution in [3.05, 3.63) is 137 Å². The summed E-state index contributed by atoms with van der Waals surface area (Å²) in [7, 11) is 0. The maximum absolute atomic E-state index is 14.6. The minimum atomic E-state index is -1.21.